The molecule has 0 heterocycles. The molecule has 0 aliphatic carbocycles. The average Bonchev–Trinajstić information content (AvgIpc) is 2.31. The first-order valence-electron chi connectivity index (χ1n) is 5.81. The zero-order chi connectivity index (χ0) is 17.8. The van der Waals surface area contributed by atoms with Crippen molar-refractivity contribution < 1.29 is 43.4 Å². The van der Waals surface area contributed by atoms with Gasteiger partial charge < -0.3 is 35.7 Å². The van der Waals surface area contributed by atoms with E-state index in [0.717, 1.165) is 0 Å². The van der Waals surface area contributed by atoms with Gasteiger partial charge in [-0.25, -0.2) is 0 Å². The molecule has 0 aromatic heterocycles. The van der Waals surface area contributed by atoms with Gasteiger partial charge in [0.25, 0.3) is 5.08 Å². The van der Waals surface area contributed by atoms with Crippen molar-refractivity contribution in [3.8, 4) is 0 Å². The minimum atomic E-state index is -5.50. The maximum Gasteiger partial charge on any atom is 0.369 e. The third-order valence-electron chi connectivity index (χ3n) is 2.67. The number of hydrogen-bond donors (Lipinski definition) is 8. The maximum atomic E-state index is 11.3. The molecule has 0 aromatic carbocycles. The van der Waals surface area contributed by atoms with E-state index in [-0.39, 0.29) is 19.4 Å². The van der Waals surface area contributed by atoms with Crippen molar-refractivity contribution in [3.63, 3.8) is 0 Å². The molecule has 14 heteroatoms. The zero-order valence-electron chi connectivity index (χ0n) is 11.2. The van der Waals surface area contributed by atoms with Crippen LogP contribution in [-0.2, 0) is 18.7 Å². The molecule has 0 aromatic rings. The van der Waals surface area contributed by atoms with Gasteiger partial charge in [-0.05, 0) is 6.42 Å². The van der Waals surface area contributed by atoms with Gasteiger partial charge in [-0.1, -0.05) is 0 Å². The number of hydrogen-bond acceptors (Lipinski definition) is 6. The Balaban J connectivity index is 4.51. The molecule has 0 saturated carbocycles. The SMILES string of the molecule is NC(CC(=O)NCCCC(O)(P(=O)(O)O)P(=O)(O)O)C(=O)S. The summed E-state index contributed by atoms with van der Waals surface area (Å²) in [5, 5.41) is 7.56. The Morgan fingerprint density at radius 3 is 2.00 bits per heavy atom. The first kappa shape index (κ1) is 21.7. The minimum absolute atomic E-state index is 0.241. The molecule has 0 aliphatic heterocycles. The maximum absolute atomic E-state index is 11.3. The highest BCUT2D eigenvalue weighted by Crippen LogP contribution is 2.69. The Kier molecular flexibility index (Phi) is 7.90. The molecule has 1 unspecified atom stereocenters. The van der Waals surface area contributed by atoms with Crippen LogP contribution in [0.3, 0.4) is 0 Å². The van der Waals surface area contributed by atoms with Crippen molar-refractivity contribution in [1.82, 2.24) is 5.32 Å². The lowest BCUT2D eigenvalue weighted by Gasteiger charge is -2.29. The molecule has 0 rings (SSSR count). The molecule has 0 bridgehead atoms. The van der Waals surface area contributed by atoms with Crippen molar-refractivity contribution in [2.75, 3.05) is 6.54 Å². The van der Waals surface area contributed by atoms with Gasteiger partial charge in [0.2, 0.25) is 11.0 Å². The Morgan fingerprint density at radius 2 is 1.64 bits per heavy atom. The predicted molar refractivity (Wildman–Crippen MR) is 77.9 cm³/mol. The standard InChI is InChI=1S/C8H18N2O9P2S/c9-5(7(12)22)4-6(11)10-3-1-2-8(13,20(14,15)16)21(17,18)19/h5,13H,1-4,9H2,(H,10,11)(H,12,22)(H2,14,15,16)(H2,17,18,19). The second-order valence-corrected chi connectivity index (χ2v) is 8.91. The fourth-order valence-corrected chi connectivity index (χ4v) is 3.72. The van der Waals surface area contributed by atoms with Crippen molar-refractivity contribution in [2.45, 2.75) is 30.4 Å². The van der Waals surface area contributed by atoms with Crippen molar-refractivity contribution >= 4 is 38.8 Å². The highest BCUT2D eigenvalue weighted by Gasteiger charge is 2.58. The molecule has 0 saturated heterocycles. The van der Waals surface area contributed by atoms with Crippen molar-refractivity contribution in [3.05, 3.63) is 0 Å². The quantitative estimate of drug-likeness (QED) is 0.126. The third-order valence-corrected chi connectivity index (χ3v) is 6.87. The van der Waals surface area contributed by atoms with Crippen LogP contribution >= 0.6 is 27.8 Å². The Bertz CT molecular complexity index is 494. The predicted octanol–water partition coefficient (Wildman–Crippen LogP) is -1.94. The topological polar surface area (TPSA) is 207 Å². The highest BCUT2D eigenvalue weighted by atomic mass is 32.1. The van der Waals surface area contributed by atoms with Crippen LogP contribution in [-0.4, -0.2) is 53.4 Å². The van der Waals surface area contributed by atoms with E-state index in [0.29, 0.717) is 0 Å². The first-order valence-corrected chi connectivity index (χ1v) is 9.48. The van der Waals surface area contributed by atoms with Crippen LogP contribution in [0.15, 0.2) is 0 Å². The van der Waals surface area contributed by atoms with Gasteiger partial charge in [-0.3, -0.25) is 18.7 Å². The van der Waals surface area contributed by atoms with E-state index >= 15 is 0 Å². The van der Waals surface area contributed by atoms with Crippen LogP contribution < -0.4 is 11.1 Å². The molecule has 0 aliphatic rings. The Labute approximate surface area is 131 Å². The summed E-state index contributed by atoms with van der Waals surface area (Å²) in [6.45, 7) is -0.241. The molecule has 1 atom stereocenters. The molecule has 0 fully saturated rings. The average molecular weight is 380 g/mol. The molecule has 22 heavy (non-hydrogen) atoms. The van der Waals surface area contributed by atoms with Gasteiger partial charge in [0, 0.05) is 19.4 Å². The smallest absolute Gasteiger partial charge is 0.368 e. The fourth-order valence-electron chi connectivity index (χ4n) is 1.37. The van der Waals surface area contributed by atoms with Crippen LogP contribution in [0.2, 0.25) is 0 Å². The van der Waals surface area contributed by atoms with Crippen LogP contribution in [0, 0.1) is 0 Å². The number of nitrogens with two attached hydrogens (primary N) is 1. The molecular weight excluding hydrogens is 362 g/mol. The number of carbonyl (C=O) groups is 2. The van der Waals surface area contributed by atoms with E-state index in [1.54, 1.807) is 0 Å². The molecule has 0 radical (unpaired) electrons. The number of nitrogens with one attached hydrogen (secondary N) is 1. The highest BCUT2D eigenvalue weighted by molar-refractivity contribution is 7.96. The number of carbonyl (C=O) groups excluding carboxylic acids is 2. The van der Waals surface area contributed by atoms with Gasteiger partial charge in [-0.15, -0.1) is 12.6 Å². The van der Waals surface area contributed by atoms with Crippen LogP contribution in [0.25, 0.3) is 0 Å². The van der Waals surface area contributed by atoms with Crippen LogP contribution in [0.1, 0.15) is 19.3 Å². The summed E-state index contributed by atoms with van der Waals surface area (Å²) >= 11 is 3.43. The van der Waals surface area contributed by atoms with Crippen molar-refractivity contribution in [1.29, 1.82) is 0 Å². The van der Waals surface area contributed by atoms with Gasteiger partial charge in [0.1, 0.15) is 0 Å². The second-order valence-electron chi connectivity index (χ2n) is 4.46. The lowest BCUT2D eigenvalue weighted by molar-refractivity contribution is -0.123. The summed E-state index contributed by atoms with van der Waals surface area (Å²) in [7, 11) is -11.0. The summed E-state index contributed by atoms with van der Waals surface area (Å²) in [4.78, 5) is 57.6. The van der Waals surface area contributed by atoms with Crippen molar-refractivity contribution in [2.24, 2.45) is 5.73 Å². The second kappa shape index (κ2) is 8.00. The number of thiol groups is 1. The van der Waals surface area contributed by atoms with Crippen LogP contribution in [0.5, 0.6) is 0 Å². The fraction of sp³-hybridized carbons (Fsp3) is 0.750. The van der Waals surface area contributed by atoms with Gasteiger partial charge in [0.15, 0.2) is 0 Å². The van der Waals surface area contributed by atoms with E-state index in [9.17, 15) is 23.8 Å². The number of rotatable bonds is 9. The molecule has 130 valence electrons. The summed E-state index contributed by atoms with van der Waals surface area (Å²) < 4.78 is 22.1. The summed E-state index contributed by atoms with van der Waals surface area (Å²) in [6.07, 6.45) is -1.65. The lowest BCUT2D eigenvalue weighted by Crippen LogP contribution is -2.36. The molecule has 8 N–H and O–H groups in total. The molecule has 1 amide bonds. The first-order chi connectivity index (χ1) is 9.72. The monoisotopic (exact) mass is 380 g/mol. The van der Waals surface area contributed by atoms with E-state index in [1.165, 1.54) is 0 Å². The summed E-state index contributed by atoms with van der Waals surface area (Å²) in [6, 6.07) is -1.12. The Hall–Kier alpha value is -0.290. The third kappa shape index (κ3) is 6.07. The van der Waals surface area contributed by atoms with Gasteiger partial charge >= 0.3 is 15.2 Å². The van der Waals surface area contributed by atoms with E-state index in [4.69, 9.17) is 25.3 Å². The molecule has 11 nitrogen and oxygen atoms in total. The number of amides is 1. The largest absolute Gasteiger partial charge is 0.369 e. The van der Waals surface area contributed by atoms with Gasteiger partial charge in [0.05, 0.1) is 6.04 Å². The van der Waals surface area contributed by atoms with E-state index in [1.807, 2.05) is 0 Å². The number of aliphatic hydroxyl groups is 1. The Morgan fingerprint density at radius 1 is 1.18 bits per heavy atom. The molecular formula is C8H18N2O9P2S. The van der Waals surface area contributed by atoms with E-state index < -0.39 is 43.8 Å². The lowest BCUT2D eigenvalue weighted by atomic mass is 10.2. The normalized spacial score (nSPS) is 14.5. The van der Waals surface area contributed by atoms with E-state index in [2.05, 4.69) is 17.9 Å². The minimum Gasteiger partial charge on any atom is -0.368 e. The zero-order valence-corrected chi connectivity index (χ0v) is 13.9. The van der Waals surface area contributed by atoms with Crippen LogP contribution in [0.4, 0.5) is 0 Å². The summed E-state index contributed by atoms with van der Waals surface area (Å²) in [5.41, 5.74) is 5.27. The van der Waals surface area contributed by atoms with Gasteiger partial charge in [-0.2, -0.15) is 0 Å². The molecule has 0 spiro atoms. The summed E-state index contributed by atoms with van der Waals surface area (Å²) in [5.74, 6) is -0.661.